The summed E-state index contributed by atoms with van der Waals surface area (Å²) < 4.78 is 37.0. The smallest absolute Gasteiger partial charge is 0.405 e. The molecule has 4 aromatic heterocycles. The molecule has 0 aliphatic carbocycles. The minimum atomic E-state index is -0.476. The zero-order valence-corrected chi connectivity index (χ0v) is 34.0. The molecule has 0 spiro atoms. The molecule has 3 aliphatic heterocycles. The van der Waals surface area contributed by atoms with Crippen molar-refractivity contribution in [3.05, 3.63) is 90.4 Å². The fraction of sp³-hybridized carbons (Fsp3) is 0.474. The highest BCUT2D eigenvalue weighted by Gasteiger charge is 2.63. The monoisotopic (exact) mass is 770 g/mol. The van der Waals surface area contributed by atoms with Crippen LogP contribution in [0.2, 0.25) is 0 Å². The van der Waals surface area contributed by atoms with E-state index in [0.717, 1.165) is 32.2 Å². The molecule has 7 heterocycles. The van der Waals surface area contributed by atoms with Crippen LogP contribution in [-0.4, -0.2) is 74.7 Å². The van der Waals surface area contributed by atoms with Crippen molar-refractivity contribution in [3.63, 3.8) is 0 Å². The average molecular weight is 771 g/mol. The van der Waals surface area contributed by atoms with Gasteiger partial charge >= 0.3 is 21.1 Å². The van der Waals surface area contributed by atoms with Crippen molar-refractivity contribution in [2.75, 3.05) is 0 Å². The van der Waals surface area contributed by atoms with Crippen molar-refractivity contribution in [1.82, 2.24) is 19.9 Å². The van der Waals surface area contributed by atoms with Crippen molar-refractivity contribution in [3.8, 4) is 22.3 Å². The van der Waals surface area contributed by atoms with Crippen LogP contribution in [0.3, 0.4) is 0 Å². The summed E-state index contributed by atoms with van der Waals surface area (Å²) in [6, 6.07) is 11.9. The maximum atomic E-state index is 6.06. The van der Waals surface area contributed by atoms with Crippen LogP contribution in [0.4, 0.5) is 0 Å². The standard InChI is InChI=1S/C16H19BN2O2.C12H24B2O4.C10H7BrN2/c1-15(2)16(3,4)21-17(20-15)14-8-13(10-19-11-14)12-6-5-7-18-9-12;1-9(2)10(3,4)16-13(15-9)14-17-11(5,6)12(7,8)18-14;11-10-4-9(6-13-7-10)8-2-1-3-12-5-8/h5-11H,1-4H3;1-8H3;1-7H. The molecule has 52 heavy (non-hydrogen) atoms. The minimum Gasteiger partial charge on any atom is -0.405 e. The van der Waals surface area contributed by atoms with E-state index in [4.69, 9.17) is 27.9 Å². The molecule has 0 radical (unpaired) electrons. The third kappa shape index (κ3) is 8.87. The summed E-state index contributed by atoms with van der Waals surface area (Å²) in [5, 5.41) is 0. The molecule has 0 N–H and O–H groups in total. The second-order valence-corrected chi connectivity index (χ2v) is 17.1. The van der Waals surface area contributed by atoms with Gasteiger partial charge in [-0.3, -0.25) is 19.9 Å². The summed E-state index contributed by atoms with van der Waals surface area (Å²) in [4.78, 5) is 16.6. The van der Waals surface area contributed by atoms with E-state index in [2.05, 4.69) is 35.9 Å². The molecule has 14 heteroatoms. The number of rotatable bonds is 4. The Hall–Kier alpha value is -2.97. The number of hydrogen-bond donors (Lipinski definition) is 0. The first kappa shape index (κ1) is 40.2. The van der Waals surface area contributed by atoms with E-state index in [0.29, 0.717) is 0 Å². The molecule has 0 amide bonds. The molecule has 3 saturated heterocycles. The Morgan fingerprint density at radius 3 is 1.19 bits per heavy atom. The van der Waals surface area contributed by atoms with E-state index in [1.54, 1.807) is 24.8 Å². The third-order valence-electron chi connectivity index (χ3n) is 10.7. The second kappa shape index (κ2) is 15.0. The predicted octanol–water partition coefficient (Wildman–Crippen LogP) is 7.60. The molecule has 0 bridgehead atoms. The molecular weight excluding hydrogens is 721 g/mol. The largest absolute Gasteiger partial charge is 0.496 e. The van der Waals surface area contributed by atoms with Crippen LogP contribution in [0.15, 0.2) is 90.4 Å². The normalized spacial score (nSPS) is 21.5. The summed E-state index contributed by atoms with van der Waals surface area (Å²) in [6.07, 6.45) is 14.4. The van der Waals surface area contributed by atoms with Gasteiger partial charge in [0.1, 0.15) is 0 Å². The summed E-state index contributed by atoms with van der Waals surface area (Å²) in [5.41, 5.74) is 2.99. The van der Waals surface area contributed by atoms with E-state index in [1.807, 2.05) is 144 Å². The van der Waals surface area contributed by atoms with Gasteiger partial charge < -0.3 is 27.9 Å². The SMILES string of the molecule is Brc1cncc(-c2cccnc2)c1.CC1(C)OB(B2OC(C)(C)C(C)(C)O2)OC1(C)C.CC1(C)OB(c2cncc(-c3cccnc3)c2)OC1(C)C. The number of halogens is 1. The molecule has 3 fully saturated rings. The second-order valence-electron chi connectivity index (χ2n) is 16.2. The molecule has 4 aromatic rings. The fourth-order valence-corrected chi connectivity index (χ4v) is 5.72. The van der Waals surface area contributed by atoms with Gasteiger partial charge in [-0.25, -0.2) is 0 Å². The van der Waals surface area contributed by atoms with Crippen LogP contribution in [-0.2, 0) is 27.9 Å². The quantitative estimate of drug-likeness (QED) is 0.193. The van der Waals surface area contributed by atoms with Crippen LogP contribution < -0.4 is 5.46 Å². The number of aromatic nitrogens is 4. The number of pyridine rings is 4. The van der Waals surface area contributed by atoms with Gasteiger partial charge in [-0.15, -0.1) is 0 Å². The van der Waals surface area contributed by atoms with Gasteiger partial charge in [-0.1, -0.05) is 18.2 Å². The lowest BCUT2D eigenvalue weighted by atomic mass is 9.49. The Balaban J connectivity index is 0.000000155. The molecule has 0 atom stereocenters. The zero-order chi connectivity index (χ0) is 38.2. The van der Waals surface area contributed by atoms with Crippen molar-refractivity contribution in [2.24, 2.45) is 0 Å². The Bertz CT molecular complexity index is 1730. The molecule has 7 rings (SSSR count). The molecule has 10 nitrogen and oxygen atoms in total. The van der Waals surface area contributed by atoms with Gasteiger partial charge in [0.25, 0.3) is 0 Å². The van der Waals surface area contributed by atoms with Gasteiger partial charge in [0.05, 0.1) is 33.6 Å². The summed E-state index contributed by atoms with van der Waals surface area (Å²) in [5.74, 6) is 0. The maximum absolute atomic E-state index is 6.06. The maximum Gasteiger partial charge on any atom is 0.496 e. The van der Waals surface area contributed by atoms with E-state index in [-0.39, 0.29) is 40.7 Å². The van der Waals surface area contributed by atoms with Crippen molar-refractivity contribution in [2.45, 2.75) is 117 Å². The third-order valence-corrected chi connectivity index (χ3v) is 11.2. The lowest BCUT2D eigenvalue weighted by Gasteiger charge is -2.32. The van der Waals surface area contributed by atoms with Gasteiger partial charge in [0, 0.05) is 81.8 Å². The zero-order valence-electron chi connectivity index (χ0n) is 32.4. The molecule has 0 unspecified atom stereocenters. The highest BCUT2D eigenvalue weighted by molar-refractivity contribution is 9.10. The van der Waals surface area contributed by atoms with Crippen molar-refractivity contribution in [1.29, 1.82) is 0 Å². The summed E-state index contributed by atoms with van der Waals surface area (Å²) in [7, 11) is -1.34. The Kier molecular flexibility index (Phi) is 11.6. The summed E-state index contributed by atoms with van der Waals surface area (Å²) >= 11 is 3.38. The first-order valence-corrected chi connectivity index (χ1v) is 18.4. The Morgan fingerprint density at radius 2 is 0.808 bits per heavy atom. The van der Waals surface area contributed by atoms with Crippen molar-refractivity contribution < 1.29 is 27.9 Å². The number of nitrogens with zero attached hydrogens (tertiary/aromatic N) is 4. The van der Waals surface area contributed by atoms with E-state index >= 15 is 0 Å². The lowest BCUT2D eigenvalue weighted by Crippen LogP contribution is -2.41. The van der Waals surface area contributed by atoms with Crippen LogP contribution >= 0.6 is 15.9 Å². The van der Waals surface area contributed by atoms with Crippen LogP contribution in [0.25, 0.3) is 22.3 Å². The van der Waals surface area contributed by atoms with Crippen molar-refractivity contribution >= 4 is 42.5 Å². The lowest BCUT2D eigenvalue weighted by molar-refractivity contribution is 0.00578. The summed E-state index contributed by atoms with van der Waals surface area (Å²) in [6.45, 7) is 24.4. The predicted molar refractivity (Wildman–Crippen MR) is 211 cm³/mol. The van der Waals surface area contributed by atoms with Crippen LogP contribution in [0.5, 0.6) is 0 Å². The Morgan fingerprint density at radius 1 is 0.442 bits per heavy atom. The first-order chi connectivity index (χ1) is 24.1. The molecule has 0 saturated carbocycles. The van der Waals surface area contributed by atoms with Crippen LogP contribution in [0.1, 0.15) is 83.1 Å². The average Bonchev–Trinajstić information content (AvgIpc) is 3.55. The topological polar surface area (TPSA) is 107 Å². The van der Waals surface area contributed by atoms with E-state index < -0.39 is 14.0 Å². The minimum absolute atomic E-state index is 0.345. The molecule has 274 valence electrons. The Labute approximate surface area is 318 Å². The van der Waals surface area contributed by atoms with Gasteiger partial charge in [-0.2, -0.15) is 0 Å². The highest BCUT2D eigenvalue weighted by Crippen LogP contribution is 2.43. The van der Waals surface area contributed by atoms with Gasteiger partial charge in [0.2, 0.25) is 0 Å². The molecule has 3 aliphatic rings. The molecular formula is C38H50B3BrN4O6. The molecule has 0 aromatic carbocycles. The van der Waals surface area contributed by atoms with Gasteiger partial charge in [-0.05, 0) is 117 Å². The fourth-order valence-electron chi connectivity index (χ4n) is 5.36. The van der Waals surface area contributed by atoms with E-state index in [9.17, 15) is 0 Å². The first-order valence-electron chi connectivity index (χ1n) is 17.6. The van der Waals surface area contributed by atoms with Crippen LogP contribution in [0, 0.1) is 0 Å². The van der Waals surface area contributed by atoms with E-state index in [1.165, 1.54) is 0 Å². The highest BCUT2D eigenvalue weighted by atomic mass is 79.9. The number of hydrogen-bond acceptors (Lipinski definition) is 10. The van der Waals surface area contributed by atoms with Gasteiger partial charge in [0.15, 0.2) is 0 Å².